The summed E-state index contributed by atoms with van der Waals surface area (Å²) in [5, 5.41) is 0. The van der Waals surface area contributed by atoms with E-state index < -0.39 is 6.29 Å². The molecule has 0 N–H and O–H groups in total. The van der Waals surface area contributed by atoms with E-state index in [0.29, 0.717) is 24.3 Å². The van der Waals surface area contributed by atoms with Gasteiger partial charge in [0.2, 0.25) is 6.29 Å². The highest BCUT2D eigenvalue weighted by Crippen LogP contribution is 2.36. The molecule has 2 aliphatic rings. The van der Waals surface area contributed by atoms with Crippen molar-refractivity contribution in [2.75, 3.05) is 6.61 Å². The van der Waals surface area contributed by atoms with Crippen LogP contribution in [0.1, 0.15) is 18.0 Å². The zero-order valence-corrected chi connectivity index (χ0v) is 14.9. The average Bonchev–Trinajstić information content (AvgIpc) is 3.21. The summed E-state index contributed by atoms with van der Waals surface area (Å²) in [5.74, 6) is -0.00876. The fourth-order valence-corrected chi connectivity index (χ4v) is 4.35. The van der Waals surface area contributed by atoms with Crippen LogP contribution in [0.25, 0.3) is 11.0 Å². The molecule has 0 spiro atoms. The molecule has 3 heterocycles. The van der Waals surface area contributed by atoms with Crippen molar-refractivity contribution in [3.63, 3.8) is 0 Å². The van der Waals surface area contributed by atoms with Crippen LogP contribution >= 0.6 is 12.2 Å². The minimum Gasteiger partial charge on any atom is -0.343 e. The van der Waals surface area contributed by atoms with Gasteiger partial charge in [0.25, 0.3) is 0 Å². The zero-order chi connectivity index (χ0) is 17.7. The van der Waals surface area contributed by atoms with E-state index in [0.717, 1.165) is 11.0 Å². The molecular formula is C20H18N2O3S. The summed E-state index contributed by atoms with van der Waals surface area (Å²) in [7, 11) is 0. The van der Waals surface area contributed by atoms with Gasteiger partial charge in [-0.1, -0.05) is 42.5 Å². The molecule has 2 fully saturated rings. The van der Waals surface area contributed by atoms with Gasteiger partial charge in [0.05, 0.1) is 30.2 Å². The molecule has 6 heteroatoms. The smallest absolute Gasteiger partial charge is 0.218 e. The Bertz CT molecular complexity index is 1040. The van der Waals surface area contributed by atoms with E-state index in [2.05, 4.69) is 33.4 Å². The van der Waals surface area contributed by atoms with Crippen LogP contribution in [0.4, 0.5) is 0 Å². The monoisotopic (exact) mass is 366 g/mol. The molecule has 2 aromatic carbocycles. The van der Waals surface area contributed by atoms with Crippen molar-refractivity contribution in [1.82, 2.24) is 9.13 Å². The molecule has 132 valence electrons. The number of para-hydroxylation sites is 2. The fourth-order valence-electron chi connectivity index (χ4n) is 3.95. The number of carbonyl (C=O) groups excluding carboxylic acids is 1. The number of Topliss-reactive ketones (excluding diaryl/α,β-unsaturated/α-hetero) is 1. The number of rotatable bonds is 3. The quantitative estimate of drug-likeness (QED) is 0.666. The number of carbonyl (C=O) groups is 1. The minimum absolute atomic E-state index is 0.00876. The summed E-state index contributed by atoms with van der Waals surface area (Å²) in [5.41, 5.74) is 3.28. The summed E-state index contributed by atoms with van der Waals surface area (Å²) in [4.78, 5) is 12.3. The first-order chi connectivity index (χ1) is 12.7. The lowest BCUT2D eigenvalue weighted by molar-refractivity contribution is -0.156. The van der Waals surface area contributed by atoms with Gasteiger partial charge in [0, 0.05) is 6.42 Å². The first-order valence-electron chi connectivity index (χ1n) is 8.76. The second-order valence-corrected chi connectivity index (χ2v) is 7.16. The Hall–Kier alpha value is -2.28. The Labute approximate surface area is 155 Å². The van der Waals surface area contributed by atoms with Crippen molar-refractivity contribution in [2.24, 2.45) is 0 Å². The highest BCUT2D eigenvalue weighted by Gasteiger charge is 2.44. The Morgan fingerprint density at radius 1 is 1.04 bits per heavy atom. The van der Waals surface area contributed by atoms with Gasteiger partial charge in [-0.2, -0.15) is 0 Å². The fraction of sp³-hybridized carbons (Fsp3) is 0.300. The van der Waals surface area contributed by atoms with Gasteiger partial charge in [-0.15, -0.1) is 0 Å². The molecule has 5 nitrogen and oxygen atoms in total. The summed E-state index contributed by atoms with van der Waals surface area (Å²) in [6.45, 7) is 1.12. The maximum Gasteiger partial charge on any atom is 0.218 e. The van der Waals surface area contributed by atoms with Crippen molar-refractivity contribution < 1.29 is 14.3 Å². The van der Waals surface area contributed by atoms with Crippen molar-refractivity contribution in [3.05, 3.63) is 64.9 Å². The molecule has 0 amide bonds. The molecule has 2 bridgehead atoms. The summed E-state index contributed by atoms with van der Waals surface area (Å²) in [6, 6.07) is 18.3. The van der Waals surface area contributed by atoms with Gasteiger partial charge in [-0.05, 0) is 29.9 Å². The number of fused-ring (bicyclic) bond motifs is 3. The van der Waals surface area contributed by atoms with Crippen LogP contribution < -0.4 is 0 Å². The molecule has 3 aromatic rings. The molecular weight excluding hydrogens is 348 g/mol. The Morgan fingerprint density at radius 3 is 2.58 bits per heavy atom. The number of ketones is 1. The minimum atomic E-state index is -0.692. The maximum atomic E-state index is 12.3. The molecule has 2 saturated heterocycles. The van der Waals surface area contributed by atoms with Crippen LogP contribution in [-0.4, -0.2) is 33.9 Å². The summed E-state index contributed by atoms with van der Waals surface area (Å²) < 4.78 is 16.2. The third-order valence-corrected chi connectivity index (χ3v) is 5.61. The van der Waals surface area contributed by atoms with Crippen molar-refractivity contribution in [3.8, 4) is 0 Å². The zero-order valence-electron chi connectivity index (χ0n) is 14.1. The molecule has 1 aromatic heterocycles. The number of imidazole rings is 1. The molecule has 0 saturated carbocycles. The number of hydrogen-bond donors (Lipinski definition) is 0. The highest BCUT2D eigenvalue weighted by molar-refractivity contribution is 7.71. The van der Waals surface area contributed by atoms with Gasteiger partial charge in [-0.25, -0.2) is 0 Å². The summed E-state index contributed by atoms with van der Waals surface area (Å²) >= 11 is 5.84. The Kier molecular flexibility index (Phi) is 3.77. The number of nitrogens with zero attached hydrogens (tertiary/aromatic N) is 2. The number of hydrogen-bond acceptors (Lipinski definition) is 4. The van der Waals surface area contributed by atoms with Gasteiger partial charge < -0.3 is 18.6 Å². The average molecular weight is 366 g/mol. The van der Waals surface area contributed by atoms with E-state index in [1.165, 1.54) is 5.56 Å². The molecule has 0 unspecified atom stereocenters. The van der Waals surface area contributed by atoms with Gasteiger partial charge in [0.15, 0.2) is 10.6 Å². The Balaban J connectivity index is 1.65. The first kappa shape index (κ1) is 15.9. The maximum absolute atomic E-state index is 12.3. The highest BCUT2D eigenvalue weighted by atomic mass is 32.1. The lowest BCUT2D eigenvalue weighted by atomic mass is 10.0. The molecule has 5 rings (SSSR count). The van der Waals surface area contributed by atoms with E-state index in [4.69, 9.17) is 21.7 Å². The van der Waals surface area contributed by atoms with Crippen LogP contribution in [0.2, 0.25) is 0 Å². The first-order valence-corrected chi connectivity index (χ1v) is 9.16. The van der Waals surface area contributed by atoms with Crippen LogP contribution in [0, 0.1) is 4.77 Å². The predicted octanol–water partition coefficient (Wildman–Crippen LogP) is 3.48. The van der Waals surface area contributed by atoms with E-state index in [1.807, 2.05) is 30.3 Å². The van der Waals surface area contributed by atoms with Crippen LogP contribution in [0.5, 0.6) is 0 Å². The third kappa shape index (κ3) is 2.45. The SMILES string of the molecule is O=C1C[C@@H](n2c(=S)n(Cc3ccccc3)c3ccccc32)[C@@H]2CO[C@H]1O2. The molecule has 3 atom stereocenters. The van der Waals surface area contributed by atoms with Gasteiger partial charge >= 0.3 is 0 Å². The van der Waals surface area contributed by atoms with E-state index >= 15 is 0 Å². The van der Waals surface area contributed by atoms with Gasteiger partial charge in [-0.3, -0.25) is 4.79 Å². The van der Waals surface area contributed by atoms with Crippen LogP contribution in [0.3, 0.4) is 0 Å². The van der Waals surface area contributed by atoms with E-state index in [-0.39, 0.29) is 17.9 Å². The second kappa shape index (κ2) is 6.16. The number of aromatic nitrogens is 2. The molecule has 0 radical (unpaired) electrons. The lowest BCUT2D eigenvalue weighted by Gasteiger charge is -2.28. The molecule has 2 aliphatic heterocycles. The molecule has 0 aliphatic carbocycles. The molecule has 26 heavy (non-hydrogen) atoms. The van der Waals surface area contributed by atoms with Crippen molar-refractivity contribution in [1.29, 1.82) is 0 Å². The van der Waals surface area contributed by atoms with Gasteiger partial charge in [0.1, 0.15) is 6.10 Å². The van der Waals surface area contributed by atoms with Crippen molar-refractivity contribution in [2.45, 2.75) is 31.4 Å². The van der Waals surface area contributed by atoms with E-state index in [9.17, 15) is 4.79 Å². The topological polar surface area (TPSA) is 45.4 Å². The lowest BCUT2D eigenvalue weighted by Crippen LogP contribution is -2.37. The number of ether oxygens (including phenoxy) is 2. The van der Waals surface area contributed by atoms with Crippen molar-refractivity contribution >= 4 is 29.0 Å². The predicted molar refractivity (Wildman–Crippen MR) is 99.6 cm³/mol. The standard InChI is InChI=1S/C20H18N2O3S/c23-17-10-16(18-12-24-19(17)25-18)22-15-9-5-4-8-14(15)21(20(22)26)11-13-6-2-1-3-7-13/h1-9,16,18-19H,10-12H2/t16-,18+,19+/m1/s1. The summed E-state index contributed by atoms with van der Waals surface area (Å²) in [6.07, 6.45) is -0.438. The van der Waals surface area contributed by atoms with E-state index in [1.54, 1.807) is 0 Å². The number of benzene rings is 2. The largest absolute Gasteiger partial charge is 0.343 e. The third-order valence-electron chi connectivity index (χ3n) is 5.20. The van der Waals surface area contributed by atoms with Crippen LogP contribution in [0.15, 0.2) is 54.6 Å². The normalized spacial score (nSPS) is 25.1. The second-order valence-electron chi connectivity index (χ2n) is 6.79. The Morgan fingerprint density at radius 2 is 1.77 bits per heavy atom. The van der Waals surface area contributed by atoms with Crippen LogP contribution in [-0.2, 0) is 20.8 Å².